The first-order valence-electron chi connectivity index (χ1n) is 9.07. The average molecular weight is 362 g/mol. The summed E-state index contributed by atoms with van der Waals surface area (Å²) in [6.07, 6.45) is 7.03. The average Bonchev–Trinajstić information content (AvgIpc) is 2.94. The molecule has 0 aliphatic carbocycles. The van der Waals surface area contributed by atoms with Gasteiger partial charge >= 0.3 is 0 Å². The number of likely N-dealkylation sites (N-methyl/N-ethyl adjacent to an activating group) is 1. The fourth-order valence-corrected chi connectivity index (χ4v) is 2.87. The van der Waals surface area contributed by atoms with Gasteiger partial charge in [-0.25, -0.2) is 0 Å². The summed E-state index contributed by atoms with van der Waals surface area (Å²) in [6, 6.07) is 6.30. The third-order valence-corrected chi connectivity index (χ3v) is 4.18. The van der Waals surface area contributed by atoms with Crippen molar-refractivity contribution in [3.05, 3.63) is 53.4 Å². The van der Waals surface area contributed by atoms with E-state index in [0.29, 0.717) is 0 Å². The highest BCUT2D eigenvalue weighted by Crippen LogP contribution is 2.31. The number of benzene rings is 1. The van der Waals surface area contributed by atoms with E-state index in [9.17, 15) is 0 Å². The van der Waals surface area contributed by atoms with Crippen molar-refractivity contribution >= 4 is 28.2 Å². The second kappa shape index (κ2) is 11.0. The number of hydrogen-bond acceptors (Lipinski definition) is 2. The van der Waals surface area contributed by atoms with Gasteiger partial charge < -0.3 is 15.6 Å². The van der Waals surface area contributed by atoms with E-state index in [1.54, 1.807) is 0 Å². The molecule has 0 aliphatic rings. The lowest BCUT2D eigenvalue weighted by atomic mass is 10.1. The Hall–Kier alpha value is -1.71. The zero-order valence-corrected chi connectivity index (χ0v) is 17.1. The van der Waals surface area contributed by atoms with E-state index in [1.165, 1.54) is 16.6 Å². The van der Waals surface area contributed by atoms with Crippen LogP contribution in [0.5, 0.6) is 0 Å². The molecule has 138 valence electrons. The third kappa shape index (κ3) is 5.65. The maximum absolute atomic E-state index is 6.33. The van der Waals surface area contributed by atoms with Crippen LogP contribution in [0.1, 0.15) is 39.0 Å². The molecule has 4 heteroatoms. The van der Waals surface area contributed by atoms with Gasteiger partial charge in [0.15, 0.2) is 0 Å². The molecule has 2 aromatic rings. The van der Waals surface area contributed by atoms with Crippen molar-refractivity contribution in [2.75, 3.05) is 18.9 Å². The van der Waals surface area contributed by atoms with Crippen molar-refractivity contribution in [1.82, 2.24) is 10.3 Å². The summed E-state index contributed by atoms with van der Waals surface area (Å²) in [5, 5.41) is 7.92. The molecule has 1 aromatic heterocycles. The van der Waals surface area contributed by atoms with E-state index in [4.69, 9.17) is 11.6 Å². The van der Waals surface area contributed by atoms with E-state index in [0.717, 1.165) is 29.9 Å². The number of anilines is 1. The summed E-state index contributed by atoms with van der Waals surface area (Å²) in [5.41, 5.74) is 5.83. The van der Waals surface area contributed by atoms with E-state index in [-0.39, 0.29) is 5.38 Å². The number of aromatic amines is 1. The molecule has 0 bridgehead atoms. The minimum absolute atomic E-state index is 0.0812. The number of alkyl halides is 1. The number of allylic oxidation sites excluding steroid dienone is 4. The van der Waals surface area contributed by atoms with Crippen molar-refractivity contribution in [3.8, 4) is 0 Å². The Kier molecular flexibility index (Phi) is 9.40. The topological polar surface area (TPSA) is 39.9 Å². The molecule has 25 heavy (non-hydrogen) atoms. The Morgan fingerprint density at radius 2 is 2.04 bits per heavy atom. The Labute approximate surface area is 157 Å². The Balaban J connectivity index is 0.00000151. The minimum atomic E-state index is -0.0812. The van der Waals surface area contributed by atoms with Crippen molar-refractivity contribution in [3.63, 3.8) is 0 Å². The summed E-state index contributed by atoms with van der Waals surface area (Å²) in [7, 11) is 1.98. The SMILES string of the molecule is C/C=C\C=C(\Nc1cccc2[nH]c(C)c(CCNC)c12)C(C)Cl.CC. The van der Waals surface area contributed by atoms with Crippen molar-refractivity contribution in [2.24, 2.45) is 0 Å². The van der Waals surface area contributed by atoms with Gasteiger partial charge in [0.25, 0.3) is 0 Å². The highest BCUT2D eigenvalue weighted by molar-refractivity contribution is 6.22. The van der Waals surface area contributed by atoms with Gasteiger partial charge in [-0.15, -0.1) is 11.6 Å². The summed E-state index contributed by atoms with van der Waals surface area (Å²) in [4.78, 5) is 3.49. The molecular formula is C21H32ClN3. The van der Waals surface area contributed by atoms with Gasteiger partial charge in [-0.3, -0.25) is 0 Å². The molecule has 0 spiro atoms. The predicted molar refractivity (Wildman–Crippen MR) is 114 cm³/mol. The van der Waals surface area contributed by atoms with Gasteiger partial charge in [-0.1, -0.05) is 32.1 Å². The second-order valence-corrected chi connectivity index (χ2v) is 6.35. The highest BCUT2D eigenvalue weighted by atomic mass is 35.5. The Morgan fingerprint density at radius 3 is 2.64 bits per heavy atom. The molecule has 0 saturated carbocycles. The number of rotatable bonds is 7. The molecule has 0 radical (unpaired) electrons. The maximum atomic E-state index is 6.33. The van der Waals surface area contributed by atoms with E-state index >= 15 is 0 Å². The zero-order valence-electron chi connectivity index (χ0n) is 16.3. The van der Waals surface area contributed by atoms with E-state index < -0.39 is 0 Å². The van der Waals surface area contributed by atoms with Gasteiger partial charge in [-0.2, -0.15) is 0 Å². The molecule has 1 atom stereocenters. The standard InChI is InChI=1S/C19H26ClN3.C2H6/c1-5-6-8-16(13(2)20)23-18-10-7-9-17-19(18)15(11-12-21-4)14(3)22-17;1-2/h5-10,13,21-23H,11-12H2,1-4H3;1-2H3/b6-5-,16-8+;. The van der Waals surface area contributed by atoms with Crippen LogP contribution in [-0.2, 0) is 6.42 Å². The van der Waals surface area contributed by atoms with Crippen LogP contribution in [0.25, 0.3) is 10.9 Å². The summed E-state index contributed by atoms with van der Waals surface area (Å²) in [6.45, 7) is 11.1. The molecule has 1 aromatic carbocycles. The van der Waals surface area contributed by atoms with Crippen LogP contribution in [0.2, 0.25) is 0 Å². The van der Waals surface area contributed by atoms with Crippen LogP contribution in [0.15, 0.2) is 42.1 Å². The molecule has 1 heterocycles. The number of hydrogen-bond donors (Lipinski definition) is 3. The number of nitrogens with one attached hydrogen (secondary N) is 3. The number of halogens is 1. The van der Waals surface area contributed by atoms with Crippen molar-refractivity contribution < 1.29 is 0 Å². The van der Waals surface area contributed by atoms with Gasteiger partial charge in [0.1, 0.15) is 0 Å². The monoisotopic (exact) mass is 361 g/mol. The number of aryl methyl sites for hydroxylation is 1. The minimum Gasteiger partial charge on any atom is -0.358 e. The van der Waals surface area contributed by atoms with Gasteiger partial charge in [0, 0.05) is 28.0 Å². The normalized spacial score (nSPS) is 13.0. The molecule has 1 unspecified atom stereocenters. The van der Waals surface area contributed by atoms with Crippen LogP contribution in [0.3, 0.4) is 0 Å². The fraction of sp³-hybridized carbons (Fsp3) is 0.429. The number of fused-ring (bicyclic) bond motifs is 1. The molecule has 3 nitrogen and oxygen atoms in total. The van der Waals surface area contributed by atoms with Crippen molar-refractivity contribution in [1.29, 1.82) is 0 Å². The lowest BCUT2D eigenvalue weighted by molar-refractivity contribution is 0.791. The Bertz CT molecular complexity index is 711. The predicted octanol–water partition coefficient (Wildman–Crippen LogP) is 5.76. The molecule has 3 N–H and O–H groups in total. The maximum Gasteiger partial charge on any atom is 0.0707 e. The summed E-state index contributed by atoms with van der Waals surface area (Å²) < 4.78 is 0. The van der Waals surface area contributed by atoms with Crippen LogP contribution in [0, 0.1) is 6.92 Å². The first kappa shape index (κ1) is 21.3. The van der Waals surface area contributed by atoms with Gasteiger partial charge in [-0.05, 0) is 64.6 Å². The largest absolute Gasteiger partial charge is 0.358 e. The lowest BCUT2D eigenvalue weighted by Gasteiger charge is -2.15. The zero-order chi connectivity index (χ0) is 18.8. The molecule has 0 saturated heterocycles. The van der Waals surface area contributed by atoms with Crippen molar-refractivity contribution in [2.45, 2.75) is 46.4 Å². The van der Waals surface area contributed by atoms with Crippen LogP contribution in [-0.4, -0.2) is 24.0 Å². The first-order chi connectivity index (χ1) is 12.1. The molecular weight excluding hydrogens is 330 g/mol. The second-order valence-electron chi connectivity index (χ2n) is 5.70. The van der Waals surface area contributed by atoms with Gasteiger partial charge in [0.05, 0.1) is 5.38 Å². The number of aromatic nitrogens is 1. The van der Waals surface area contributed by atoms with Gasteiger partial charge in [0.2, 0.25) is 0 Å². The Morgan fingerprint density at radius 1 is 1.32 bits per heavy atom. The highest BCUT2D eigenvalue weighted by Gasteiger charge is 2.13. The van der Waals surface area contributed by atoms with Crippen LogP contribution < -0.4 is 10.6 Å². The molecule has 2 rings (SSSR count). The van der Waals surface area contributed by atoms with Crippen LogP contribution >= 0.6 is 11.6 Å². The summed E-state index contributed by atoms with van der Waals surface area (Å²) >= 11 is 6.33. The quantitative estimate of drug-likeness (QED) is 0.433. The molecule has 0 amide bonds. The molecule has 0 fully saturated rings. The number of H-pyrrole nitrogens is 1. The summed E-state index contributed by atoms with van der Waals surface area (Å²) in [5.74, 6) is 0. The molecule has 0 aliphatic heterocycles. The third-order valence-electron chi connectivity index (χ3n) is 3.94. The smallest absolute Gasteiger partial charge is 0.0707 e. The first-order valence-corrected chi connectivity index (χ1v) is 9.50. The van der Waals surface area contributed by atoms with Crippen LogP contribution in [0.4, 0.5) is 5.69 Å². The lowest BCUT2D eigenvalue weighted by Crippen LogP contribution is -2.11. The van der Waals surface area contributed by atoms with E-state index in [1.807, 2.05) is 53.0 Å². The van der Waals surface area contributed by atoms with E-state index in [2.05, 4.69) is 40.7 Å². The fourth-order valence-electron chi connectivity index (χ4n) is 2.74.